The highest BCUT2D eigenvalue weighted by Crippen LogP contribution is 2.07. The highest BCUT2D eigenvalue weighted by Gasteiger charge is 2.14. The Labute approximate surface area is 163 Å². The van der Waals surface area contributed by atoms with Crippen molar-refractivity contribution in [2.75, 3.05) is 6.61 Å². The second kappa shape index (κ2) is 13.0. The zero-order valence-electron chi connectivity index (χ0n) is 16.4. The number of hydrogen-bond donors (Lipinski definition) is 0. The second-order valence-electron chi connectivity index (χ2n) is 6.84. The Morgan fingerprint density at radius 3 is 2.26 bits per heavy atom. The molecule has 146 valence electrons. The summed E-state index contributed by atoms with van der Waals surface area (Å²) in [5.41, 5.74) is 1.06. The molecular weight excluding hydrogens is 338 g/mol. The summed E-state index contributed by atoms with van der Waals surface area (Å²) in [4.78, 5) is 11.9. The lowest BCUT2D eigenvalue weighted by Crippen LogP contribution is -2.32. The molecule has 0 aliphatic heterocycles. The third kappa shape index (κ3) is 9.34. The van der Waals surface area contributed by atoms with E-state index in [1.165, 1.54) is 25.7 Å². The first-order chi connectivity index (χ1) is 13.3. The summed E-state index contributed by atoms with van der Waals surface area (Å²) in [6.45, 7) is 3.74. The minimum Gasteiger partial charge on any atom is -0.464 e. The maximum Gasteiger partial charge on any atom is 0.334 e. The average Bonchev–Trinajstić information content (AvgIpc) is 2.72. The van der Waals surface area contributed by atoms with Crippen molar-refractivity contribution in [1.82, 2.24) is 0 Å². The number of hydrogen-bond acceptors (Lipinski definition) is 3. The number of ether oxygens (including phenoxy) is 2. The minimum atomic E-state index is -0.527. The summed E-state index contributed by atoms with van der Waals surface area (Å²) in [5.74, 6) is -0.272. The average molecular weight is 371 g/mol. The highest BCUT2D eigenvalue weighted by atomic mass is 16.6. The third-order valence-electron chi connectivity index (χ3n) is 4.51. The quantitative estimate of drug-likeness (QED) is 0.297. The van der Waals surface area contributed by atoms with Gasteiger partial charge in [-0.15, -0.1) is 0 Å². The van der Waals surface area contributed by atoms with Crippen molar-refractivity contribution in [2.24, 2.45) is 0 Å². The van der Waals surface area contributed by atoms with Gasteiger partial charge in [-0.05, 0) is 25.3 Å². The predicted octanol–water partition coefficient (Wildman–Crippen LogP) is 4.46. The molecule has 0 unspecified atom stereocenters. The van der Waals surface area contributed by atoms with Gasteiger partial charge in [-0.2, -0.15) is 0 Å². The molecule has 1 aromatic carbocycles. The Balaban J connectivity index is 1.42. The van der Waals surface area contributed by atoms with Gasteiger partial charge in [0.2, 0.25) is 0 Å². The molecule has 4 nitrogen and oxygen atoms in total. The van der Waals surface area contributed by atoms with Crippen molar-refractivity contribution in [1.29, 1.82) is 0 Å². The molecule has 1 heterocycles. The number of aromatic nitrogens is 1. The van der Waals surface area contributed by atoms with Crippen LogP contribution in [0.2, 0.25) is 0 Å². The normalized spacial score (nSPS) is 11.9. The maximum absolute atomic E-state index is 11.9. The fraction of sp³-hybridized carbons (Fsp3) is 0.478. The number of benzene rings is 1. The molecule has 2 aromatic rings. The smallest absolute Gasteiger partial charge is 0.334 e. The van der Waals surface area contributed by atoms with Gasteiger partial charge in [0.15, 0.2) is 18.5 Å². The van der Waals surface area contributed by atoms with Gasteiger partial charge in [0.25, 0.3) is 0 Å². The van der Waals surface area contributed by atoms with Gasteiger partial charge in [-0.25, -0.2) is 9.36 Å². The lowest BCUT2D eigenvalue weighted by molar-refractivity contribution is -0.697. The van der Waals surface area contributed by atoms with Crippen molar-refractivity contribution in [3.05, 3.63) is 66.5 Å². The van der Waals surface area contributed by atoms with Gasteiger partial charge >= 0.3 is 5.97 Å². The van der Waals surface area contributed by atoms with Crippen LogP contribution in [0.1, 0.15) is 51.0 Å². The lowest BCUT2D eigenvalue weighted by atomic mass is 10.1. The lowest BCUT2D eigenvalue weighted by Gasteiger charge is -2.12. The maximum atomic E-state index is 11.9. The van der Waals surface area contributed by atoms with Crippen molar-refractivity contribution in [2.45, 2.75) is 64.7 Å². The van der Waals surface area contributed by atoms with Crippen LogP contribution in [0.3, 0.4) is 0 Å². The van der Waals surface area contributed by atoms with Gasteiger partial charge in [-0.3, -0.25) is 0 Å². The van der Waals surface area contributed by atoms with Gasteiger partial charge in [0, 0.05) is 18.6 Å². The van der Waals surface area contributed by atoms with Crippen LogP contribution in [0.4, 0.5) is 0 Å². The van der Waals surface area contributed by atoms with Crippen LogP contribution in [0.15, 0.2) is 60.9 Å². The van der Waals surface area contributed by atoms with E-state index in [0.717, 1.165) is 24.9 Å². The number of carbonyl (C=O) groups is 1. The highest BCUT2D eigenvalue weighted by molar-refractivity contribution is 5.74. The van der Waals surface area contributed by atoms with E-state index in [0.29, 0.717) is 13.2 Å². The first-order valence-corrected chi connectivity index (χ1v) is 10.0. The Morgan fingerprint density at radius 2 is 1.52 bits per heavy atom. The molecule has 0 radical (unpaired) electrons. The summed E-state index contributed by atoms with van der Waals surface area (Å²) in [7, 11) is 0. The largest absolute Gasteiger partial charge is 0.464 e. The van der Waals surface area contributed by atoms with E-state index in [4.69, 9.17) is 9.47 Å². The molecule has 2 rings (SSSR count). The Kier molecular flexibility index (Phi) is 10.2. The summed E-state index contributed by atoms with van der Waals surface area (Å²) < 4.78 is 13.1. The monoisotopic (exact) mass is 370 g/mol. The molecule has 0 amide bonds. The molecule has 0 saturated carbocycles. The first-order valence-electron chi connectivity index (χ1n) is 10.0. The number of unbranched alkanes of at least 4 members (excludes halogenated alkanes) is 5. The predicted molar refractivity (Wildman–Crippen MR) is 106 cm³/mol. The van der Waals surface area contributed by atoms with E-state index in [-0.39, 0.29) is 5.97 Å². The SMILES string of the molecule is C[C@H](OCc1ccccc1)C(=O)OCCCCCCCC[n+]1ccccc1. The minimum absolute atomic E-state index is 0.272. The standard InChI is InChI=1S/C23H32NO3/c1-21(27-20-22-14-8-6-9-15-22)23(25)26-19-13-5-3-2-4-10-16-24-17-11-7-12-18-24/h6-9,11-12,14-15,17-18,21H,2-5,10,13,16,19-20H2,1H3/q+1/t21-/m0/s1. The third-order valence-corrected chi connectivity index (χ3v) is 4.51. The molecule has 27 heavy (non-hydrogen) atoms. The fourth-order valence-electron chi connectivity index (χ4n) is 2.84. The molecule has 0 aliphatic carbocycles. The van der Waals surface area contributed by atoms with Crippen LogP contribution < -0.4 is 4.57 Å². The molecule has 0 bridgehead atoms. The van der Waals surface area contributed by atoms with Crippen LogP contribution in [0.5, 0.6) is 0 Å². The Hall–Kier alpha value is -2.20. The first kappa shape index (κ1) is 21.1. The van der Waals surface area contributed by atoms with E-state index < -0.39 is 6.10 Å². The molecule has 0 saturated heterocycles. The van der Waals surface area contributed by atoms with E-state index in [1.807, 2.05) is 36.4 Å². The second-order valence-corrected chi connectivity index (χ2v) is 6.84. The van der Waals surface area contributed by atoms with Gasteiger partial charge < -0.3 is 9.47 Å². The topological polar surface area (TPSA) is 39.4 Å². The van der Waals surface area contributed by atoms with Crippen molar-refractivity contribution >= 4 is 5.97 Å². The zero-order chi connectivity index (χ0) is 19.2. The van der Waals surface area contributed by atoms with Crippen LogP contribution in [-0.4, -0.2) is 18.7 Å². The number of aryl methyl sites for hydroxylation is 1. The molecule has 1 aromatic heterocycles. The molecular formula is C23H32NO3+. The van der Waals surface area contributed by atoms with E-state index >= 15 is 0 Å². The van der Waals surface area contributed by atoms with E-state index in [9.17, 15) is 4.79 Å². The van der Waals surface area contributed by atoms with E-state index in [1.54, 1.807) is 6.92 Å². The summed E-state index contributed by atoms with van der Waals surface area (Å²) in [6, 6.07) is 16.0. The van der Waals surface area contributed by atoms with Gasteiger partial charge in [-0.1, -0.05) is 55.7 Å². The number of nitrogens with zero attached hydrogens (tertiary/aromatic N) is 1. The molecule has 0 fully saturated rings. The van der Waals surface area contributed by atoms with Crippen LogP contribution in [0.25, 0.3) is 0 Å². The molecule has 4 heteroatoms. The van der Waals surface area contributed by atoms with Crippen LogP contribution in [-0.2, 0) is 27.4 Å². The zero-order valence-corrected chi connectivity index (χ0v) is 16.4. The van der Waals surface area contributed by atoms with Crippen LogP contribution in [0, 0.1) is 0 Å². The summed E-state index contributed by atoms with van der Waals surface area (Å²) in [5, 5.41) is 0. The van der Waals surface area contributed by atoms with Crippen molar-refractivity contribution < 1.29 is 18.8 Å². The number of carbonyl (C=O) groups excluding carboxylic acids is 1. The molecule has 0 aliphatic rings. The van der Waals surface area contributed by atoms with Gasteiger partial charge in [0.1, 0.15) is 6.54 Å². The number of rotatable bonds is 13. The van der Waals surface area contributed by atoms with Crippen molar-refractivity contribution in [3.63, 3.8) is 0 Å². The molecule has 1 atom stereocenters. The van der Waals surface area contributed by atoms with E-state index in [2.05, 4.69) is 29.1 Å². The Bertz CT molecular complexity index is 631. The summed E-state index contributed by atoms with van der Waals surface area (Å²) >= 11 is 0. The van der Waals surface area contributed by atoms with Crippen molar-refractivity contribution in [3.8, 4) is 0 Å². The van der Waals surface area contributed by atoms with Crippen LogP contribution >= 0.6 is 0 Å². The fourth-order valence-corrected chi connectivity index (χ4v) is 2.84. The number of pyridine rings is 1. The molecule has 0 spiro atoms. The molecule has 0 N–H and O–H groups in total. The van der Waals surface area contributed by atoms with Gasteiger partial charge in [0.05, 0.1) is 13.2 Å². The Morgan fingerprint density at radius 1 is 0.889 bits per heavy atom. The summed E-state index contributed by atoms with van der Waals surface area (Å²) in [6.07, 6.45) is 10.6. The number of esters is 1.